The van der Waals surface area contributed by atoms with E-state index in [1.807, 2.05) is 11.8 Å². The van der Waals surface area contributed by atoms with Crippen LogP contribution in [-0.2, 0) is 17.8 Å². The summed E-state index contributed by atoms with van der Waals surface area (Å²) >= 11 is 1.68. The van der Waals surface area contributed by atoms with Crippen molar-refractivity contribution in [3.05, 3.63) is 16.1 Å². The third-order valence-corrected chi connectivity index (χ3v) is 4.62. The molecule has 4 nitrogen and oxygen atoms in total. The summed E-state index contributed by atoms with van der Waals surface area (Å²) in [7, 11) is 0. The van der Waals surface area contributed by atoms with Gasteiger partial charge in [0.05, 0.1) is 10.7 Å². The van der Waals surface area contributed by atoms with Crippen LogP contribution in [0.5, 0.6) is 0 Å². The van der Waals surface area contributed by atoms with E-state index in [0.717, 1.165) is 42.9 Å². The Morgan fingerprint density at radius 2 is 2.44 bits per heavy atom. The second-order valence-electron chi connectivity index (χ2n) is 5.09. The first-order valence-corrected chi connectivity index (χ1v) is 7.36. The average molecular weight is 268 g/mol. The standard InChI is InChI=1S/C13H20N2O2S/c1-3-5-11-14-10(9-18-11)8-15-7-4-6-13(15,2)12(16)17/h9H,3-8H2,1-2H3,(H,16,17). The quantitative estimate of drug-likeness (QED) is 0.891. The molecule has 1 unspecified atom stereocenters. The molecule has 1 aliphatic rings. The van der Waals surface area contributed by atoms with Crippen LogP contribution in [0.1, 0.15) is 43.8 Å². The zero-order chi connectivity index (χ0) is 13.2. The molecule has 1 atom stereocenters. The van der Waals surface area contributed by atoms with Crippen molar-refractivity contribution in [2.24, 2.45) is 0 Å². The zero-order valence-corrected chi connectivity index (χ0v) is 11.8. The van der Waals surface area contributed by atoms with Crippen LogP contribution in [-0.4, -0.2) is 33.0 Å². The summed E-state index contributed by atoms with van der Waals surface area (Å²) in [6, 6.07) is 0. The summed E-state index contributed by atoms with van der Waals surface area (Å²) in [5.41, 5.74) is 0.298. The molecule has 1 aromatic rings. The number of carboxylic acid groups (broad SMARTS) is 1. The molecule has 0 radical (unpaired) electrons. The fourth-order valence-electron chi connectivity index (χ4n) is 2.46. The van der Waals surface area contributed by atoms with Crippen molar-refractivity contribution in [1.82, 2.24) is 9.88 Å². The van der Waals surface area contributed by atoms with E-state index in [4.69, 9.17) is 0 Å². The molecule has 2 rings (SSSR count). The molecule has 100 valence electrons. The SMILES string of the molecule is CCCc1nc(CN2CCCC2(C)C(=O)O)cs1. The molecule has 2 heterocycles. The van der Waals surface area contributed by atoms with Gasteiger partial charge >= 0.3 is 5.97 Å². The number of likely N-dealkylation sites (tertiary alicyclic amines) is 1. The van der Waals surface area contributed by atoms with Crippen LogP contribution >= 0.6 is 11.3 Å². The smallest absolute Gasteiger partial charge is 0.323 e. The normalized spacial score (nSPS) is 24.6. The van der Waals surface area contributed by atoms with Gasteiger partial charge in [-0.1, -0.05) is 6.92 Å². The Labute approximate surface area is 112 Å². The van der Waals surface area contributed by atoms with Gasteiger partial charge in [0.2, 0.25) is 0 Å². The molecule has 1 aliphatic heterocycles. The van der Waals surface area contributed by atoms with E-state index in [1.54, 1.807) is 11.3 Å². The van der Waals surface area contributed by atoms with Gasteiger partial charge < -0.3 is 5.11 Å². The number of aromatic nitrogens is 1. The van der Waals surface area contributed by atoms with E-state index in [0.29, 0.717) is 6.54 Å². The number of aliphatic carboxylic acids is 1. The van der Waals surface area contributed by atoms with Crippen molar-refractivity contribution in [3.8, 4) is 0 Å². The zero-order valence-electron chi connectivity index (χ0n) is 11.0. The molecule has 1 aromatic heterocycles. The van der Waals surface area contributed by atoms with Crippen molar-refractivity contribution < 1.29 is 9.90 Å². The molecular weight excluding hydrogens is 248 g/mol. The van der Waals surface area contributed by atoms with Crippen molar-refractivity contribution in [1.29, 1.82) is 0 Å². The molecular formula is C13H20N2O2S. The first-order chi connectivity index (χ1) is 8.56. The molecule has 0 amide bonds. The van der Waals surface area contributed by atoms with Gasteiger partial charge in [0.15, 0.2) is 0 Å². The minimum Gasteiger partial charge on any atom is -0.480 e. The van der Waals surface area contributed by atoms with Gasteiger partial charge in [0.1, 0.15) is 5.54 Å². The van der Waals surface area contributed by atoms with E-state index in [2.05, 4.69) is 17.3 Å². The number of nitrogens with zero attached hydrogens (tertiary/aromatic N) is 2. The second-order valence-corrected chi connectivity index (χ2v) is 6.03. The predicted molar refractivity (Wildman–Crippen MR) is 71.8 cm³/mol. The maximum atomic E-state index is 11.4. The van der Waals surface area contributed by atoms with Crippen LogP contribution < -0.4 is 0 Å². The number of carbonyl (C=O) groups is 1. The van der Waals surface area contributed by atoms with Crippen LogP contribution in [0.3, 0.4) is 0 Å². The van der Waals surface area contributed by atoms with E-state index >= 15 is 0 Å². The minimum absolute atomic E-state index is 0.656. The van der Waals surface area contributed by atoms with E-state index in [9.17, 15) is 9.90 Å². The molecule has 5 heteroatoms. The molecule has 0 saturated carbocycles. The van der Waals surface area contributed by atoms with E-state index in [-0.39, 0.29) is 0 Å². The van der Waals surface area contributed by atoms with Gasteiger partial charge in [0, 0.05) is 11.9 Å². The lowest BCUT2D eigenvalue weighted by Crippen LogP contribution is -2.47. The first kappa shape index (κ1) is 13.5. The summed E-state index contributed by atoms with van der Waals surface area (Å²) in [6.45, 7) is 5.47. The van der Waals surface area contributed by atoms with Crippen LogP contribution in [0, 0.1) is 0 Å². The highest BCUT2D eigenvalue weighted by Gasteiger charge is 2.43. The third kappa shape index (κ3) is 2.57. The minimum atomic E-state index is -0.719. The van der Waals surface area contributed by atoms with Crippen LogP contribution in [0.2, 0.25) is 0 Å². The Morgan fingerprint density at radius 1 is 1.67 bits per heavy atom. The van der Waals surface area contributed by atoms with Crippen LogP contribution in [0.25, 0.3) is 0 Å². The highest BCUT2D eigenvalue weighted by molar-refractivity contribution is 7.09. The summed E-state index contributed by atoms with van der Waals surface area (Å²) in [5, 5.41) is 12.6. The van der Waals surface area contributed by atoms with Crippen molar-refractivity contribution in [2.45, 2.75) is 51.6 Å². The highest BCUT2D eigenvalue weighted by Crippen LogP contribution is 2.31. The number of thiazole rings is 1. The van der Waals surface area contributed by atoms with Crippen molar-refractivity contribution >= 4 is 17.3 Å². The van der Waals surface area contributed by atoms with Gasteiger partial charge in [-0.2, -0.15) is 0 Å². The van der Waals surface area contributed by atoms with E-state index < -0.39 is 11.5 Å². The van der Waals surface area contributed by atoms with Gasteiger partial charge in [-0.05, 0) is 39.2 Å². The molecule has 0 aromatic carbocycles. The highest BCUT2D eigenvalue weighted by atomic mass is 32.1. The summed E-state index contributed by atoms with van der Waals surface area (Å²) < 4.78 is 0. The maximum absolute atomic E-state index is 11.4. The Kier molecular flexibility index (Phi) is 4.02. The number of carboxylic acids is 1. The monoisotopic (exact) mass is 268 g/mol. The van der Waals surface area contributed by atoms with Gasteiger partial charge in [-0.3, -0.25) is 9.69 Å². The summed E-state index contributed by atoms with van der Waals surface area (Å²) in [6.07, 6.45) is 3.80. The Balaban J connectivity index is 2.06. The van der Waals surface area contributed by atoms with Gasteiger partial charge in [-0.25, -0.2) is 4.98 Å². The lowest BCUT2D eigenvalue weighted by atomic mass is 9.99. The number of hydrogen-bond acceptors (Lipinski definition) is 4. The third-order valence-electron chi connectivity index (χ3n) is 3.67. The van der Waals surface area contributed by atoms with Crippen molar-refractivity contribution in [2.75, 3.05) is 6.54 Å². The Morgan fingerprint density at radius 3 is 3.11 bits per heavy atom. The molecule has 18 heavy (non-hydrogen) atoms. The molecule has 0 bridgehead atoms. The van der Waals surface area contributed by atoms with Crippen LogP contribution in [0.15, 0.2) is 5.38 Å². The average Bonchev–Trinajstić information content (AvgIpc) is 2.89. The summed E-state index contributed by atoms with van der Waals surface area (Å²) in [5.74, 6) is -0.719. The number of hydrogen-bond donors (Lipinski definition) is 1. The maximum Gasteiger partial charge on any atom is 0.323 e. The largest absolute Gasteiger partial charge is 0.480 e. The lowest BCUT2D eigenvalue weighted by molar-refractivity contribution is -0.148. The fraction of sp³-hybridized carbons (Fsp3) is 0.692. The number of aryl methyl sites for hydroxylation is 1. The Bertz CT molecular complexity index is 432. The van der Waals surface area contributed by atoms with Gasteiger partial charge in [0.25, 0.3) is 0 Å². The predicted octanol–water partition coefficient (Wildman–Crippen LogP) is 2.53. The number of rotatable bonds is 5. The first-order valence-electron chi connectivity index (χ1n) is 6.48. The second kappa shape index (κ2) is 5.36. The van der Waals surface area contributed by atoms with Crippen molar-refractivity contribution in [3.63, 3.8) is 0 Å². The summed E-state index contributed by atoms with van der Waals surface area (Å²) in [4.78, 5) is 18.0. The Hall–Kier alpha value is -0.940. The topological polar surface area (TPSA) is 53.4 Å². The molecule has 1 saturated heterocycles. The lowest BCUT2D eigenvalue weighted by Gasteiger charge is -2.30. The molecule has 0 aliphatic carbocycles. The van der Waals surface area contributed by atoms with Crippen LogP contribution in [0.4, 0.5) is 0 Å². The van der Waals surface area contributed by atoms with Gasteiger partial charge in [-0.15, -0.1) is 11.3 Å². The molecule has 0 spiro atoms. The molecule has 1 N–H and O–H groups in total. The fourth-order valence-corrected chi connectivity index (χ4v) is 3.35. The van der Waals surface area contributed by atoms with E-state index in [1.165, 1.54) is 0 Å². The molecule has 1 fully saturated rings.